The maximum atomic E-state index is 12.7. The Morgan fingerprint density at radius 3 is 1.91 bits per heavy atom. The largest absolute Gasteiger partial charge is 0.416 e. The molecule has 0 bridgehead atoms. The summed E-state index contributed by atoms with van der Waals surface area (Å²) in [5.74, 6) is -1.06. The van der Waals surface area contributed by atoms with Gasteiger partial charge in [-0.25, -0.2) is 4.90 Å². The Morgan fingerprint density at radius 1 is 0.909 bits per heavy atom. The number of hydrogen-bond acceptors (Lipinski definition) is 2. The lowest BCUT2D eigenvalue weighted by Gasteiger charge is -2.17. The van der Waals surface area contributed by atoms with Gasteiger partial charge in [-0.1, -0.05) is 12.1 Å². The van der Waals surface area contributed by atoms with Gasteiger partial charge in [0.1, 0.15) is 0 Å². The molecule has 22 heavy (non-hydrogen) atoms. The van der Waals surface area contributed by atoms with Crippen molar-refractivity contribution in [2.24, 2.45) is 0 Å². The van der Waals surface area contributed by atoms with Gasteiger partial charge in [-0.3, -0.25) is 9.59 Å². The minimum Gasteiger partial charge on any atom is -0.268 e. The van der Waals surface area contributed by atoms with Crippen molar-refractivity contribution in [2.75, 3.05) is 4.90 Å². The molecule has 0 atom stereocenters. The molecule has 7 heteroatoms. The summed E-state index contributed by atoms with van der Waals surface area (Å²) in [6.45, 7) is 0. The molecule has 1 aliphatic heterocycles. The Bertz CT molecular complexity index is 767. The van der Waals surface area contributed by atoms with E-state index in [1.54, 1.807) is 34.7 Å². The van der Waals surface area contributed by atoms with Crippen LogP contribution in [0.25, 0.3) is 0 Å². The normalized spacial score (nSPS) is 14.5. The average molecular weight is 417 g/mol. The molecule has 0 unspecified atom stereocenters. The third-order valence-corrected chi connectivity index (χ3v) is 4.17. The Kier molecular flexibility index (Phi) is 3.47. The summed E-state index contributed by atoms with van der Waals surface area (Å²) in [5, 5.41) is 0. The van der Waals surface area contributed by atoms with Crippen molar-refractivity contribution in [1.29, 1.82) is 0 Å². The topological polar surface area (TPSA) is 37.4 Å². The molecule has 3 nitrogen and oxygen atoms in total. The molecular weight excluding hydrogens is 410 g/mol. The fraction of sp³-hybridized carbons (Fsp3) is 0.0667. The first kappa shape index (κ1) is 15.0. The van der Waals surface area contributed by atoms with E-state index in [-0.39, 0.29) is 20.4 Å². The minimum atomic E-state index is -4.47. The van der Waals surface area contributed by atoms with Crippen LogP contribution in [0.4, 0.5) is 18.9 Å². The minimum absolute atomic E-state index is 0.153. The van der Waals surface area contributed by atoms with E-state index >= 15 is 0 Å². The van der Waals surface area contributed by atoms with Gasteiger partial charge in [-0.2, -0.15) is 13.2 Å². The number of anilines is 1. The van der Waals surface area contributed by atoms with Crippen molar-refractivity contribution < 1.29 is 22.8 Å². The van der Waals surface area contributed by atoms with E-state index in [1.807, 2.05) is 0 Å². The molecule has 2 aromatic rings. The first-order valence-electron chi connectivity index (χ1n) is 6.15. The van der Waals surface area contributed by atoms with Crippen LogP contribution < -0.4 is 4.90 Å². The number of carbonyl (C=O) groups excluding carboxylic acids is 2. The van der Waals surface area contributed by atoms with Gasteiger partial charge in [-0.05, 0) is 52.9 Å². The van der Waals surface area contributed by atoms with Crippen LogP contribution in [0.1, 0.15) is 26.3 Å². The summed E-state index contributed by atoms with van der Waals surface area (Å²) in [6, 6.07) is 9.22. The molecule has 0 radical (unpaired) electrons. The monoisotopic (exact) mass is 417 g/mol. The van der Waals surface area contributed by atoms with E-state index in [4.69, 9.17) is 0 Å². The zero-order valence-corrected chi connectivity index (χ0v) is 13.0. The molecule has 0 aliphatic carbocycles. The van der Waals surface area contributed by atoms with Gasteiger partial charge in [0, 0.05) is 3.57 Å². The van der Waals surface area contributed by atoms with E-state index in [2.05, 4.69) is 0 Å². The lowest BCUT2D eigenvalue weighted by atomic mass is 10.1. The predicted molar refractivity (Wildman–Crippen MR) is 81.7 cm³/mol. The van der Waals surface area contributed by atoms with Crippen LogP contribution in [0.15, 0.2) is 42.5 Å². The Morgan fingerprint density at radius 2 is 1.45 bits per heavy atom. The lowest BCUT2D eigenvalue weighted by molar-refractivity contribution is -0.137. The smallest absolute Gasteiger partial charge is 0.268 e. The molecule has 0 fully saturated rings. The molecule has 1 heterocycles. The standard InChI is InChI=1S/C15H7F3INO2/c16-15(17,18)8-5-6-12(11(19)7-8)20-13(21)9-3-1-2-4-10(9)14(20)22/h1-7H. The number of hydrogen-bond donors (Lipinski definition) is 0. The van der Waals surface area contributed by atoms with E-state index < -0.39 is 23.6 Å². The first-order chi connectivity index (χ1) is 10.3. The van der Waals surface area contributed by atoms with E-state index in [1.165, 1.54) is 12.1 Å². The second-order valence-electron chi connectivity index (χ2n) is 4.66. The third kappa shape index (κ3) is 2.29. The highest BCUT2D eigenvalue weighted by Crippen LogP contribution is 2.36. The lowest BCUT2D eigenvalue weighted by Crippen LogP contribution is -2.30. The molecule has 0 N–H and O–H groups in total. The van der Waals surface area contributed by atoms with Crippen LogP contribution in [0.3, 0.4) is 0 Å². The Hall–Kier alpha value is -1.90. The van der Waals surface area contributed by atoms with Gasteiger partial charge < -0.3 is 0 Å². The maximum Gasteiger partial charge on any atom is 0.416 e. The van der Waals surface area contributed by atoms with Crippen LogP contribution in [0, 0.1) is 3.57 Å². The van der Waals surface area contributed by atoms with Crippen LogP contribution >= 0.6 is 22.6 Å². The zero-order valence-electron chi connectivity index (χ0n) is 10.8. The molecule has 112 valence electrons. The highest BCUT2D eigenvalue weighted by molar-refractivity contribution is 14.1. The number of alkyl halides is 3. The molecule has 0 saturated heterocycles. The van der Waals surface area contributed by atoms with Gasteiger partial charge in [0.25, 0.3) is 11.8 Å². The molecular formula is C15H7F3INO2. The number of amides is 2. The second-order valence-corrected chi connectivity index (χ2v) is 5.82. The summed E-state index contributed by atoms with van der Waals surface area (Å²) in [7, 11) is 0. The number of rotatable bonds is 1. The summed E-state index contributed by atoms with van der Waals surface area (Å²) < 4.78 is 38.3. The maximum absolute atomic E-state index is 12.7. The van der Waals surface area contributed by atoms with E-state index in [9.17, 15) is 22.8 Å². The van der Waals surface area contributed by atoms with Gasteiger partial charge in [0.15, 0.2) is 0 Å². The van der Waals surface area contributed by atoms with Crippen LogP contribution in [0.2, 0.25) is 0 Å². The highest BCUT2D eigenvalue weighted by atomic mass is 127. The highest BCUT2D eigenvalue weighted by Gasteiger charge is 2.38. The van der Waals surface area contributed by atoms with Crippen molar-refractivity contribution in [1.82, 2.24) is 0 Å². The molecule has 1 aliphatic rings. The molecule has 2 aromatic carbocycles. The quantitative estimate of drug-likeness (QED) is 0.518. The van der Waals surface area contributed by atoms with Crippen molar-refractivity contribution in [3.05, 3.63) is 62.7 Å². The van der Waals surface area contributed by atoms with Crippen molar-refractivity contribution in [2.45, 2.75) is 6.18 Å². The zero-order chi connectivity index (χ0) is 16.1. The number of imide groups is 1. The van der Waals surface area contributed by atoms with E-state index in [0.717, 1.165) is 23.1 Å². The van der Waals surface area contributed by atoms with Crippen molar-refractivity contribution in [3.8, 4) is 0 Å². The van der Waals surface area contributed by atoms with Crippen LogP contribution in [-0.2, 0) is 6.18 Å². The fourth-order valence-corrected chi connectivity index (χ4v) is 3.03. The van der Waals surface area contributed by atoms with Gasteiger partial charge in [0.2, 0.25) is 0 Å². The molecule has 0 saturated carbocycles. The number of halogens is 4. The SMILES string of the molecule is O=C1c2ccccc2C(=O)N1c1ccc(C(F)(F)F)cc1I. The number of nitrogens with zero attached hydrogens (tertiary/aromatic N) is 1. The first-order valence-corrected chi connectivity index (χ1v) is 7.23. The molecule has 0 aromatic heterocycles. The molecule has 0 spiro atoms. The van der Waals surface area contributed by atoms with Crippen LogP contribution in [-0.4, -0.2) is 11.8 Å². The fourth-order valence-electron chi connectivity index (χ4n) is 2.27. The number of carbonyl (C=O) groups is 2. The Labute approximate surface area is 136 Å². The molecule has 3 rings (SSSR count). The summed E-state index contributed by atoms with van der Waals surface area (Å²) in [5.41, 5.74) is -0.163. The summed E-state index contributed by atoms with van der Waals surface area (Å²) in [6.07, 6.45) is -4.47. The number of fused-ring (bicyclic) bond motifs is 1. The third-order valence-electron chi connectivity index (χ3n) is 3.31. The summed E-state index contributed by atoms with van der Waals surface area (Å²) >= 11 is 1.69. The van der Waals surface area contributed by atoms with Gasteiger partial charge in [-0.15, -0.1) is 0 Å². The van der Waals surface area contributed by atoms with Crippen molar-refractivity contribution in [3.63, 3.8) is 0 Å². The van der Waals surface area contributed by atoms with Gasteiger partial charge in [0.05, 0.1) is 22.4 Å². The van der Waals surface area contributed by atoms with Crippen LogP contribution in [0.5, 0.6) is 0 Å². The van der Waals surface area contributed by atoms with E-state index in [0.29, 0.717) is 0 Å². The molecule has 2 amide bonds. The Balaban J connectivity index is 2.07. The summed E-state index contributed by atoms with van der Waals surface area (Å²) in [4.78, 5) is 25.6. The van der Waals surface area contributed by atoms with Crippen molar-refractivity contribution >= 4 is 40.1 Å². The second kappa shape index (κ2) is 5.08. The average Bonchev–Trinajstić information content (AvgIpc) is 2.71. The number of benzene rings is 2. The predicted octanol–water partition coefficient (Wildman–Crippen LogP) is 4.11. The van der Waals surface area contributed by atoms with Gasteiger partial charge >= 0.3 is 6.18 Å².